The number of aliphatic hydroxyl groups is 1. The van der Waals surface area contributed by atoms with E-state index in [1.54, 1.807) is 0 Å². The van der Waals surface area contributed by atoms with E-state index >= 15 is 0 Å². The first-order valence-corrected chi connectivity index (χ1v) is 10.3. The number of pyridine rings is 1. The second-order valence-electron chi connectivity index (χ2n) is 8.59. The summed E-state index contributed by atoms with van der Waals surface area (Å²) in [6.07, 6.45) is 4.93. The van der Waals surface area contributed by atoms with Gasteiger partial charge in [0.15, 0.2) is 0 Å². The van der Waals surface area contributed by atoms with Crippen LogP contribution < -0.4 is 0 Å². The first-order chi connectivity index (χ1) is 13.7. The molecule has 5 rings (SSSR count). The molecule has 3 fully saturated rings. The summed E-state index contributed by atoms with van der Waals surface area (Å²) in [5.41, 5.74) is 2.17. The fourth-order valence-electron chi connectivity index (χ4n) is 5.17. The van der Waals surface area contributed by atoms with Crippen molar-refractivity contribution in [2.45, 2.75) is 43.3 Å². The minimum absolute atomic E-state index is 0.0603. The van der Waals surface area contributed by atoms with Crippen LogP contribution >= 0.6 is 0 Å². The van der Waals surface area contributed by atoms with Crippen LogP contribution in [0.2, 0.25) is 0 Å². The number of aliphatic hydroxyl groups excluding tert-OH is 1. The lowest BCUT2D eigenvalue weighted by molar-refractivity contribution is -0.200. The number of amides is 1. The van der Waals surface area contributed by atoms with Crippen molar-refractivity contribution in [1.29, 1.82) is 0 Å². The summed E-state index contributed by atoms with van der Waals surface area (Å²) in [5.74, 6) is 1.16. The number of rotatable bonds is 6. The third-order valence-electron chi connectivity index (χ3n) is 6.78. The van der Waals surface area contributed by atoms with E-state index in [1.165, 1.54) is 18.4 Å². The van der Waals surface area contributed by atoms with Gasteiger partial charge in [-0.25, -0.2) is 0 Å². The fraction of sp³-hybridized carbons (Fsp3) is 0.478. The van der Waals surface area contributed by atoms with Gasteiger partial charge in [-0.2, -0.15) is 0 Å². The predicted octanol–water partition coefficient (Wildman–Crippen LogP) is 2.42. The van der Waals surface area contributed by atoms with Gasteiger partial charge in [0.05, 0.1) is 17.8 Å². The van der Waals surface area contributed by atoms with Crippen LogP contribution in [0.1, 0.15) is 36.4 Å². The molecule has 1 aromatic carbocycles. The molecule has 1 aromatic heterocycles. The predicted molar refractivity (Wildman–Crippen MR) is 106 cm³/mol. The fourth-order valence-corrected chi connectivity index (χ4v) is 5.17. The van der Waals surface area contributed by atoms with Crippen LogP contribution in [0.4, 0.5) is 0 Å². The Hall–Kier alpha value is -2.24. The standard InChI is InChI=1S/C23H27N3O2/c27-14-20-22(18-6-2-1-3-7-18)23(26(20)13-19-8-4-5-11-24-19)15-25(16-23)21(28)12-17-9-10-17/h1-8,11,17,20,22,27H,9-10,12-16H2/t20-,22-/m1/s1. The zero-order valence-electron chi connectivity index (χ0n) is 16.1. The third-order valence-corrected chi connectivity index (χ3v) is 6.78. The van der Waals surface area contributed by atoms with Gasteiger partial charge in [0.25, 0.3) is 0 Å². The topological polar surface area (TPSA) is 56.7 Å². The van der Waals surface area contributed by atoms with Gasteiger partial charge in [-0.1, -0.05) is 36.4 Å². The number of nitrogens with zero attached hydrogens (tertiary/aromatic N) is 3. The molecule has 0 bridgehead atoms. The Kier molecular flexibility index (Phi) is 4.44. The second kappa shape index (κ2) is 6.98. The van der Waals surface area contributed by atoms with Gasteiger partial charge < -0.3 is 10.0 Å². The molecule has 0 unspecified atom stereocenters. The van der Waals surface area contributed by atoms with Crippen molar-refractivity contribution >= 4 is 5.91 Å². The summed E-state index contributed by atoms with van der Waals surface area (Å²) in [4.78, 5) is 21.5. The number of hydrogen-bond acceptors (Lipinski definition) is 4. The summed E-state index contributed by atoms with van der Waals surface area (Å²) in [6.45, 7) is 2.33. The molecule has 28 heavy (non-hydrogen) atoms. The molecule has 3 heterocycles. The van der Waals surface area contributed by atoms with E-state index in [-0.39, 0.29) is 24.1 Å². The maximum absolute atomic E-state index is 12.6. The van der Waals surface area contributed by atoms with Gasteiger partial charge in [0.2, 0.25) is 5.91 Å². The highest BCUT2D eigenvalue weighted by Crippen LogP contribution is 2.54. The van der Waals surface area contributed by atoms with Crippen molar-refractivity contribution in [3.05, 3.63) is 66.0 Å². The second-order valence-corrected chi connectivity index (χ2v) is 8.59. The highest BCUT2D eigenvalue weighted by molar-refractivity contribution is 5.78. The Morgan fingerprint density at radius 3 is 2.50 bits per heavy atom. The van der Waals surface area contributed by atoms with Crippen molar-refractivity contribution in [2.75, 3.05) is 19.7 Å². The molecule has 146 valence electrons. The van der Waals surface area contributed by atoms with Crippen molar-refractivity contribution in [1.82, 2.24) is 14.8 Å². The molecular formula is C23H27N3O2. The van der Waals surface area contributed by atoms with Crippen LogP contribution in [0, 0.1) is 5.92 Å². The average Bonchev–Trinajstić information content (AvgIpc) is 3.49. The summed E-state index contributed by atoms with van der Waals surface area (Å²) in [7, 11) is 0. The average molecular weight is 377 g/mol. The summed E-state index contributed by atoms with van der Waals surface area (Å²) >= 11 is 0. The Morgan fingerprint density at radius 2 is 1.86 bits per heavy atom. The normalized spacial score (nSPS) is 26.0. The lowest BCUT2D eigenvalue weighted by atomic mass is 9.60. The third kappa shape index (κ3) is 2.93. The van der Waals surface area contributed by atoms with Crippen LogP contribution in [0.3, 0.4) is 0 Å². The van der Waals surface area contributed by atoms with E-state index in [2.05, 4.69) is 34.1 Å². The van der Waals surface area contributed by atoms with Gasteiger partial charge in [0.1, 0.15) is 0 Å². The molecule has 3 aliphatic rings. The Bertz CT molecular complexity index is 831. The largest absolute Gasteiger partial charge is 0.395 e. The number of aromatic nitrogens is 1. The molecule has 1 amide bonds. The molecule has 5 heteroatoms. The molecule has 2 aromatic rings. The van der Waals surface area contributed by atoms with Gasteiger partial charge >= 0.3 is 0 Å². The number of hydrogen-bond donors (Lipinski definition) is 1. The summed E-state index contributed by atoms with van der Waals surface area (Å²) in [6, 6.07) is 16.5. The zero-order valence-corrected chi connectivity index (χ0v) is 16.1. The maximum atomic E-state index is 12.6. The minimum Gasteiger partial charge on any atom is -0.395 e. The van der Waals surface area contributed by atoms with Crippen molar-refractivity contribution in [3.8, 4) is 0 Å². The van der Waals surface area contributed by atoms with Crippen LogP contribution in [0.5, 0.6) is 0 Å². The Balaban J connectivity index is 1.40. The first-order valence-electron chi connectivity index (χ1n) is 10.3. The van der Waals surface area contributed by atoms with E-state index in [4.69, 9.17) is 0 Å². The molecule has 1 spiro atoms. The van der Waals surface area contributed by atoms with E-state index in [0.717, 1.165) is 18.8 Å². The van der Waals surface area contributed by atoms with Crippen molar-refractivity contribution in [3.63, 3.8) is 0 Å². The molecule has 2 atom stereocenters. The van der Waals surface area contributed by atoms with Crippen LogP contribution in [0.25, 0.3) is 0 Å². The van der Waals surface area contributed by atoms with E-state index in [0.29, 0.717) is 24.8 Å². The van der Waals surface area contributed by atoms with Gasteiger partial charge in [-0.3, -0.25) is 14.7 Å². The lowest BCUT2D eigenvalue weighted by Gasteiger charge is -2.70. The monoisotopic (exact) mass is 377 g/mol. The number of likely N-dealkylation sites (tertiary alicyclic amines) is 2. The smallest absolute Gasteiger partial charge is 0.222 e. The molecule has 1 aliphatic carbocycles. The maximum Gasteiger partial charge on any atom is 0.222 e. The molecule has 5 nitrogen and oxygen atoms in total. The highest BCUT2D eigenvalue weighted by atomic mass is 16.3. The Morgan fingerprint density at radius 1 is 1.11 bits per heavy atom. The molecule has 2 saturated heterocycles. The van der Waals surface area contributed by atoms with Crippen LogP contribution in [-0.4, -0.2) is 57.1 Å². The van der Waals surface area contributed by atoms with E-state index in [9.17, 15) is 9.90 Å². The molecular weight excluding hydrogens is 350 g/mol. The number of carbonyl (C=O) groups is 1. The number of benzene rings is 1. The highest BCUT2D eigenvalue weighted by Gasteiger charge is 2.66. The molecule has 1 saturated carbocycles. The zero-order chi connectivity index (χ0) is 19.1. The van der Waals surface area contributed by atoms with Gasteiger partial charge in [-0.15, -0.1) is 0 Å². The van der Waals surface area contributed by atoms with Gasteiger partial charge in [0, 0.05) is 44.2 Å². The van der Waals surface area contributed by atoms with Gasteiger partial charge in [-0.05, 0) is 36.5 Å². The molecule has 0 radical (unpaired) electrons. The lowest BCUT2D eigenvalue weighted by Crippen LogP contribution is -2.84. The minimum atomic E-state index is -0.0918. The van der Waals surface area contributed by atoms with E-state index in [1.807, 2.05) is 35.4 Å². The van der Waals surface area contributed by atoms with Crippen molar-refractivity contribution < 1.29 is 9.90 Å². The van der Waals surface area contributed by atoms with Crippen LogP contribution in [-0.2, 0) is 11.3 Å². The summed E-state index contributed by atoms with van der Waals surface area (Å²) in [5, 5.41) is 10.2. The first kappa shape index (κ1) is 17.8. The molecule has 1 N–H and O–H groups in total. The summed E-state index contributed by atoms with van der Waals surface area (Å²) < 4.78 is 0. The van der Waals surface area contributed by atoms with E-state index < -0.39 is 0 Å². The quantitative estimate of drug-likeness (QED) is 0.840. The molecule has 2 aliphatic heterocycles. The SMILES string of the molecule is O=C(CC1CC1)N1CC2(C1)[C@H](c1ccccc1)[C@@H](CO)N2Cc1ccccn1. The number of carbonyl (C=O) groups excluding carboxylic acids is 1. The van der Waals surface area contributed by atoms with Crippen LogP contribution in [0.15, 0.2) is 54.7 Å². The Labute approximate surface area is 166 Å². The van der Waals surface area contributed by atoms with Crippen molar-refractivity contribution in [2.24, 2.45) is 5.92 Å².